The zero-order valence-corrected chi connectivity index (χ0v) is 19.8. The molecule has 0 radical (unpaired) electrons. The minimum atomic E-state index is -0.500. The molecule has 0 aromatic carbocycles. The van der Waals surface area contributed by atoms with Gasteiger partial charge in [-0.15, -0.1) is 0 Å². The van der Waals surface area contributed by atoms with Crippen molar-refractivity contribution >= 4 is 6.09 Å². The molecule has 186 valence electrons. The molecule has 0 saturated carbocycles. The SMILES string of the molecule is CN(CCOCCOCCOCCOCCOCCOCCCO)C(=O)OC(C)(C)C. The van der Waals surface area contributed by atoms with E-state index in [1.807, 2.05) is 20.8 Å². The molecule has 0 saturated heterocycles. The molecule has 10 nitrogen and oxygen atoms in total. The Bertz CT molecular complexity index is 405. The van der Waals surface area contributed by atoms with Crippen LogP contribution in [0.5, 0.6) is 0 Å². The lowest BCUT2D eigenvalue weighted by Crippen LogP contribution is -2.36. The van der Waals surface area contributed by atoms with E-state index in [9.17, 15) is 4.79 Å². The monoisotopic (exact) mass is 453 g/mol. The molecular formula is C21H43NO9. The van der Waals surface area contributed by atoms with Gasteiger partial charge in [-0.3, -0.25) is 0 Å². The second-order valence-corrected chi connectivity index (χ2v) is 7.65. The molecule has 0 heterocycles. The van der Waals surface area contributed by atoms with Gasteiger partial charge in [-0.1, -0.05) is 0 Å². The Labute approximate surface area is 187 Å². The largest absolute Gasteiger partial charge is 0.444 e. The third kappa shape index (κ3) is 23.5. The highest BCUT2D eigenvalue weighted by molar-refractivity contribution is 5.67. The van der Waals surface area contributed by atoms with Crippen LogP contribution in [0.2, 0.25) is 0 Å². The van der Waals surface area contributed by atoms with E-state index in [-0.39, 0.29) is 12.7 Å². The number of amides is 1. The van der Waals surface area contributed by atoms with Crippen LogP contribution in [-0.2, 0) is 33.2 Å². The van der Waals surface area contributed by atoms with E-state index in [0.29, 0.717) is 92.2 Å². The van der Waals surface area contributed by atoms with Crippen molar-refractivity contribution in [1.82, 2.24) is 4.90 Å². The first-order valence-electron chi connectivity index (χ1n) is 10.9. The average Bonchev–Trinajstić information content (AvgIpc) is 2.71. The first-order chi connectivity index (χ1) is 14.9. The third-order valence-electron chi connectivity index (χ3n) is 3.58. The van der Waals surface area contributed by atoms with Gasteiger partial charge in [0.25, 0.3) is 0 Å². The van der Waals surface area contributed by atoms with Gasteiger partial charge in [0.1, 0.15) is 5.60 Å². The normalized spacial score (nSPS) is 11.6. The number of likely N-dealkylation sites (N-methyl/N-ethyl adjacent to an activating group) is 1. The number of rotatable bonds is 21. The maximum absolute atomic E-state index is 11.8. The van der Waals surface area contributed by atoms with E-state index >= 15 is 0 Å². The minimum Gasteiger partial charge on any atom is -0.444 e. The van der Waals surface area contributed by atoms with Crippen LogP contribution in [0.15, 0.2) is 0 Å². The lowest BCUT2D eigenvalue weighted by molar-refractivity contribution is -0.0182. The smallest absolute Gasteiger partial charge is 0.410 e. The average molecular weight is 454 g/mol. The van der Waals surface area contributed by atoms with E-state index < -0.39 is 5.60 Å². The van der Waals surface area contributed by atoms with Crippen molar-refractivity contribution in [2.24, 2.45) is 0 Å². The molecule has 0 spiro atoms. The molecule has 0 atom stereocenters. The van der Waals surface area contributed by atoms with Crippen LogP contribution in [0.25, 0.3) is 0 Å². The summed E-state index contributed by atoms with van der Waals surface area (Å²) in [5.74, 6) is 0. The maximum Gasteiger partial charge on any atom is 0.410 e. The molecule has 1 amide bonds. The number of nitrogens with zero attached hydrogens (tertiary/aromatic N) is 1. The Morgan fingerprint density at radius 1 is 0.677 bits per heavy atom. The summed E-state index contributed by atoms with van der Waals surface area (Å²) in [5, 5.41) is 8.60. The van der Waals surface area contributed by atoms with Gasteiger partial charge in [-0.05, 0) is 27.2 Å². The van der Waals surface area contributed by atoms with Gasteiger partial charge < -0.3 is 43.2 Å². The molecule has 10 heteroatoms. The lowest BCUT2D eigenvalue weighted by Gasteiger charge is -2.24. The molecule has 0 unspecified atom stereocenters. The van der Waals surface area contributed by atoms with Crippen molar-refractivity contribution in [2.75, 3.05) is 99.5 Å². The van der Waals surface area contributed by atoms with Crippen molar-refractivity contribution in [3.8, 4) is 0 Å². The van der Waals surface area contributed by atoms with Crippen LogP contribution in [0.1, 0.15) is 27.2 Å². The summed E-state index contributed by atoms with van der Waals surface area (Å²) >= 11 is 0. The van der Waals surface area contributed by atoms with Crippen molar-refractivity contribution in [3.63, 3.8) is 0 Å². The summed E-state index contributed by atoms with van der Waals surface area (Å²) in [4.78, 5) is 13.3. The van der Waals surface area contributed by atoms with Crippen molar-refractivity contribution < 1.29 is 43.1 Å². The van der Waals surface area contributed by atoms with Crippen molar-refractivity contribution in [3.05, 3.63) is 0 Å². The fourth-order valence-corrected chi connectivity index (χ4v) is 2.00. The molecule has 0 aromatic heterocycles. The van der Waals surface area contributed by atoms with E-state index in [1.54, 1.807) is 7.05 Å². The number of aliphatic hydroxyl groups excluding tert-OH is 1. The number of carbonyl (C=O) groups is 1. The Kier molecular flexibility index (Phi) is 20.2. The summed E-state index contributed by atoms with van der Waals surface area (Å²) in [6.45, 7) is 12.1. The summed E-state index contributed by atoms with van der Waals surface area (Å²) in [6, 6.07) is 0. The highest BCUT2D eigenvalue weighted by atomic mass is 16.6. The summed E-state index contributed by atoms with van der Waals surface area (Å²) in [6.07, 6.45) is 0.290. The molecule has 0 bridgehead atoms. The number of hydrogen-bond acceptors (Lipinski definition) is 9. The van der Waals surface area contributed by atoms with Gasteiger partial charge in [0.2, 0.25) is 0 Å². The van der Waals surface area contributed by atoms with Gasteiger partial charge in [0.05, 0.1) is 72.7 Å². The summed E-state index contributed by atoms with van der Waals surface area (Å²) < 4.78 is 37.5. The van der Waals surface area contributed by atoms with Crippen LogP contribution >= 0.6 is 0 Å². The molecule has 0 aliphatic rings. The second kappa shape index (κ2) is 20.9. The van der Waals surface area contributed by atoms with E-state index in [1.165, 1.54) is 4.90 Å². The number of carbonyl (C=O) groups excluding carboxylic acids is 1. The predicted octanol–water partition coefficient (Wildman–Crippen LogP) is 1.34. The second-order valence-electron chi connectivity index (χ2n) is 7.65. The Morgan fingerprint density at radius 2 is 1.03 bits per heavy atom. The third-order valence-corrected chi connectivity index (χ3v) is 3.58. The highest BCUT2D eigenvalue weighted by Gasteiger charge is 2.19. The Balaban J connectivity index is 3.21. The molecule has 0 rings (SSSR count). The zero-order chi connectivity index (χ0) is 23.2. The van der Waals surface area contributed by atoms with E-state index in [0.717, 1.165) is 0 Å². The fourth-order valence-electron chi connectivity index (χ4n) is 2.00. The first kappa shape index (κ1) is 30.0. The molecule has 0 aliphatic heterocycles. The highest BCUT2D eigenvalue weighted by Crippen LogP contribution is 2.08. The predicted molar refractivity (Wildman–Crippen MR) is 115 cm³/mol. The topological polar surface area (TPSA) is 105 Å². The van der Waals surface area contributed by atoms with Crippen LogP contribution in [0.4, 0.5) is 4.79 Å². The van der Waals surface area contributed by atoms with Gasteiger partial charge in [-0.25, -0.2) is 4.79 Å². The number of ether oxygens (including phenoxy) is 7. The van der Waals surface area contributed by atoms with Crippen LogP contribution in [0, 0.1) is 0 Å². The maximum atomic E-state index is 11.8. The summed E-state index contributed by atoms with van der Waals surface area (Å²) in [7, 11) is 1.68. The molecule has 0 fully saturated rings. The van der Waals surface area contributed by atoms with Crippen LogP contribution < -0.4 is 0 Å². The quantitative estimate of drug-likeness (QED) is 0.258. The molecular weight excluding hydrogens is 410 g/mol. The number of hydrogen-bond donors (Lipinski definition) is 1. The van der Waals surface area contributed by atoms with Crippen LogP contribution in [0.3, 0.4) is 0 Å². The van der Waals surface area contributed by atoms with Gasteiger partial charge in [0, 0.05) is 26.8 Å². The zero-order valence-electron chi connectivity index (χ0n) is 19.8. The fraction of sp³-hybridized carbons (Fsp3) is 0.952. The van der Waals surface area contributed by atoms with Crippen LogP contribution in [-0.4, -0.2) is 121 Å². The van der Waals surface area contributed by atoms with Gasteiger partial charge in [0.15, 0.2) is 0 Å². The number of aliphatic hydroxyl groups is 1. The van der Waals surface area contributed by atoms with E-state index in [4.69, 9.17) is 38.3 Å². The first-order valence-corrected chi connectivity index (χ1v) is 10.9. The molecule has 31 heavy (non-hydrogen) atoms. The molecule has 0 aliphatic carbocycles. The van der Waals surface area contributed by atoms with Crippen molar-refractivity contribution in [1.29, 1.82) is 0 Å². The Hall–Kier alpha value is -1.01. The lowest BCUT2D eigenvalue weighted by atomic mass is 10.2. The van der Waals surface area contributed by atoms with Gasteiger partial charge >= 0.3 is 6.09 Å². The molecule has 0 aromatic rings. The standard InChI is InChI=1S/C21H43NO9/c1-21(2,3)31-20(24)22(4)6-9-26-11-13-28-15-17-30-19-18-29-16-14-27-12-10-25-8-5-7-23/h23H,5-19H2,1-4H3. The Morgan fingerprint density at radius 3 is 1.39 bits per heavy atom. The van der Waals surface area contributed by atoms with Gasteiger partial charge in [-0.2, -0.15) is 0 Å². The van der Waals surface area contributed by atoms with E-state index in [2.05, 4.69) is 0 Å². The minimum absolute atomic E-state index is 0.147. The summed E-state index contributed by atoms with van der Waals surface area (Å²) in [5.41, 5.74) is -0.500. The van der Waals surface area contributed by atoms with Crippen molar-refractivity contribution in [2.45, 2.75) is 32.8 Å². The molecule has 1 N–H and O–H groups in total.